The van der Waals surface area contributed by atoms with E-state index < -0.39 is 16.0 Å². The van der Waals surface area contributed by atoms with Crippen LogP contribution in [0.5, 0.6) is 0 Å². The van der Waals surface area contributed by atoms with Gasteiger partial charge < -0.3 is 9.84 Å². The van der Waals surface area contributed by atoms with E-state index in [0.717, 1.165) is 6.07 Å². The number of carboxylic acids is 1. The molecule has 1 fully saturated rings. The Morgan fingerprint density at radius 2 is 2.20 bits per heavy atom. The van der Waals surface area contributed by atoms with Gasteiger partial charge in [-0.3, -0.25) is 0 Å². The van der Waals surface area contributed by atoms with Crippen molar-refractivity contribution in [3.8, 4) is 0 Å². The molecule has 2 rings (SSSR count). The molecule has 1 atom stereocenters. The van der Waals surface area contributed by atoms with Crippen molar-refractivity contribution in [3.05, 3.63) is 28.8 Å². The third kappa shape index (κ3) is 2.80. The highest BCUT2D eigenvalue weighted by Gasteiger charge is 2.32. The van der Waals surface area contributed by atoms with Crippen molar-refractivity contribution >= 4 is 27.6 Å². The average Bonchev–Trinajstić information content (AvgIpc) is 2.38. The van der Waals surface area contributed by atoms with Crippen molar-refractivity contribution < 1.29 is 23.1 Å². The second-order valence-electron chi connectivity index (χ2n) is 4.49. The molecule has 1 heterocycles. The zero-order valence-electron chi connectivity index (χ0n) is 10.7. The average molecular weight is 320 g/mol. The van der Waals surface area contributed by atoms with Crippen LogP contribution in [0.25, 0.3) is 0 Å². The number of sulfonamides is 1. The molecule has 1 saturated heterocycles. The van der Waals surface area contributed by atoms with Crippen LogP contribution in [0, 0.1) is 0 Å². The van der Waals surface area contributed by atoms with Gasteiger partial charge in [-0.15, -0.1) is 0 Å². The fourth-order valence-corrected chi connectivity index (χ4v) is 3.86. The first kappa shape index (κ1) is 15.2. The molecular weight excluding hydrogens is 306 g/mol. The minimum Gasteiger partial charge on any atom is -0.478 e. The lowest BCUT2D eigenvalue weighted by Gasteiger charge is -2.32. The van der Waals surface area contributed by atoms with Crippen LogP contribution < -0.4 is 0 Å². The van der Waals surface area contributed by atoms with Crippen LogP contribution in [0.1, 0.15) is 17.3 Å². The van der Waals surface area contributed by atoms with Gasteiger partial charge >= 0.3 is 5.97 Å². The zero-order valence-corrected chi connectivity index (χ0v) is 12.3. The van der Waals surface area contributed by atoms with Crippen LogP contribution in [0.2, 0.25) is 5.02 Å². The third-order valence-corrected chi connectivity index (χ3v) is 5.42. The fourth-order valence-electron chi connectivity index (χ4n) is 2.03. The van der Waals surface area contributed by atoms with Crippen LogP contribution in [-0.2, 0) is 14.8 Å². The number of carbonyl (C=O) groups is 1. The maximum Gasteiger partial charge on any atom is 0.337 e. The van der Waals surface area contributed by atoms with Gasteiger partial charge in [-0.1, -0.05) is 11.6 Å². The normalized spacial score (nSPS) is 20.8. The summed E-state index contributed by atoms with van der Waals surface area (Å²) in [5, 5.41) is 9.01. The number of ether oxygens (including phenoxy) is 1. The number of nitrogens with zero attached hydrogens (tertiary/aromatic N) is 1. The van der Waals surface area contributed by atoms with Crippen molar-refractivity contribution in [3.63, 3.8) is 0 Å². The van der Waals surface area contributed by atoms with Gasteiger partial charge in [-0.25, -0.2) is 13.2 Å². The van der Waals surface area contributed by atoms with Crippen molar-refractivity contribution in [2.45, 2.75) is 17.9 Å². The summed E-state index contributed by atoms with van der Waals surface area (Å²) >= 11 is 5.75. The molecule has 0 radical (unpaired) electrons. The first-order valence-corrected chi connectivity index (χ1v) is 7.78. The molecule has 0 aromatic heterocycles. The van der Waals surface area contributed by atoms with E-state index in [-0.39, 0.29) is 28.1 Å². The van der Waals surface area contributed by atoms with Gasteiger partial charge in [0.25, 0.3) is 0 Å². The van der Waals surface area contributed by atoms with Gasteiger partial charge in [0.1, 0.15) is 0 Å². The van der Waals surface area contributed by atoms with Gasteiger partial charge in [-0.2, -0.15) is 4.31 Å². The Balaban J connectivity index is 2.44. The lowest BCUT2D eigenvalue weighted by Crippen LogP contribution is -2.46. The molecule has 0 saturated carbocycles. The number of hydrogen-bond acceptors (Lipinski definition) is 4. The van der Waals surface area contributed by atoms with Gasteiger partial charge in [0.15, 0.2) is 0 Å². The molecule has 1 N–H and O–H groups in total. The molecule has 0 bridgehead atoms. The summed E-state index contributed by atoms with van der Waals surface area (Å²) in [6.45, 7) is 2.63. The van der Waals surface area contributed by atoms with Crippen molar-refractivity contribution in [1.82, 2.24) is 4.31 Å². The predicted molar refractivity (Wildman–Crippen MR) is 72.6 cm³/mol. The molecule has 0 aliphatic carbocycles. The Labute approximate surface area is 122 Å². The Bertz CT molecular complexity index is 631. The quantitative estimate of drug-likeness (QED) is 0.911. The first-order valence-electron chi connectivity index (χ1n) is 5.96. The molecular formula is C12H14ClNO5S. The van der Waals surface area contributed by atoms with Gasteiger partial charge in [0.05, 0.1) is 28.7 Å². The number of aromatic carboxylic acids is 1. The van der Waals surface area contributed by atoms with Gasteiger partial charge in [0, 0.05) is 12.6 Å². The second-order valence-corrected chi connectivity index (χ2v) is 6.78. The lowest BCUT2D eigenvalue weighted by atomic mass is 10.2. The van der Waals surface area contributed by atoms with Gasteiger partial charge in [-0.05, 0) is 25.1 Å². The van der Waals surface area contributed by atoms with E-state index in [9.17, 15) is 13.2 Å². The number of halogens is 1. The first-order chi connectivity index (χ1) is 9.34. The Hall–Kier alpha value is -1.15. The molecule has 8 heteroatoms. The summed E-state index contributed by atoms with van der Waals surface area (Å²) < 4.78 is 31.5. The van der Waals surface area contributed by atoms with Crippen molar-refractivity contribution in [2.75, 3.05) is 19.8 Å². The lowest BCUT2D eigenvalue weighted by molar-refractivity contribution is 0.0392. The maximum absolute atomic E-state index is 12.5. The van der Waals surface area contributed by atoms with Gasteiger partial charge in [0.2, 0.25) is 10.0 Å². The number of benzene rings is 1. The SMILES string of the molecule is CC1COCCN1S(=O)(=O)c1ccc(Cl)c(C(=O)O)c1. The molecule has 1 aromatic rings. The molecule has 1 aliphatic rings. The topological polar surface area (TPSA) is 83.9 Å². The summed E-state index contributed by atoms with van der Waals surface area (Å²) in [5.41, 5.74) is -0.228. The Morgan fingerprint density at radius 3 is 2.80 bits per heavy atom. The zero-order chi connectivity index (χ0) is 14.9. The summed E-state index contributed by atoms with van der Waals surface area (Å²) in [5.74, 6) is -1.26. The van der Waals surface area contributed by atoms with Crippen LogP contribution in [0.3, 0.4) is 0 Å². The largest absolute Gasteiger partial charge is 0.478 e. The number of morpholine rings is 1. The highest BCUT2D eigenvalue weighted by molar-refractivity contribution is 7.89. The van der Waals surface area contributed by atoms with E-state index in [1.807, 2.05) is 0 Å². The van der Waals surface area contributed by atoms with E-state index in [1.54, 1.807) is 6.92 Å². The monoisotopic (exact) mass is 319 g/mol. The van der Waals surface area contributed by atoms with Crippen LogP contribution in [0.15, 0.2) is 23.1 Å². The van der Waals surface area contributed by atoms with E-state index >= 15 is 0 Å². The number of carboxylic acid groups (broad SMARTS) is 1. The number of rotatable bonds is 3. The Kier molecular flexibility index (Phi) is 4.33. The van der Waals surface area contributed by atoms with E-state index in [2.05, 4.69) is 0 Å². The van der Waals surface area contributed by atoms with E-state index in [4.69, 9.17) is 21.4 Å². The fraction of sp³-hybridized carbons (Fsp3) is 0.417. The van der Waals surface area contributed by atoms with E-state index in [0.29, 0.717) is 13.2 Å². The third-order valence-electron chi connectivity index (χ3n) is 3.08. The molecule has 1 aliphatic heterocycles. The van der Waals surface area contributed by atoms with Crippen molar-refractivity contribution in [1.29, 1.82) is 0 Å². The molecule has 0 amide bonds. The maximum atomic E-state index is 12.5. The van der Waals surface area contributed by atoms with Crippen molar-refractivity contribution in [2.24, 2.45) is 0 Å². The Morgan fingerprint density at radius 1 is 1.50 bits per heavy atom. The summed E-state index contributed by atoms with van der Waals surface area (Å²) in [6, 6.07) is 3.38. The molecule has 110 valence electrons. The van der Waals surface area contributed by atoms with Crippen LogP contribution >= 0.6 is 11.6 Å². The minimum atomic E-state index is -3.75. The second kappa shape index (κ2) is 5.69. The molecule has 1 unspecified atom stereocenters. The smallest absolute Gasteiger partial charge is 0.337 e. The molecule has 1 aromatic carbocycles. The number of hydrogen-bond donors (Lipinski definition) is 1. The standard InChI is InChI=1S/C12H14ClNO5S/c1-8-7-19-5-4-14(8)20(17,18)9-2-3-11(13)10(6-9)12(15)16/h2-3,6,8H,4-5,7H2,1H3,(H,15,16). The van der Waals surface area contributed by atoms with Crippen LogP contribution in [0.4, 0.5) is 0 Å². The summed E-state index contributed by atoms with van der Waals surface area (Å²) in [7, 11) is -3.75. The van der Waals surface area contributed by atoms with E-state index in [1.165, 1.54) is 16.4 Å². The highest BCUT2D eigenvalue weighted by Crippen LogP contribution is 2.25. The minimum absolute atomic E-state index is 0.00600. The highest BCUT2D eigenvalue weighted by atomic mass is 35.5. The summed E-state index contributed by atoms with van der Waals surface area (Å²) in [4.78, 5) is 11.0. The molecule has 20 heavy (non-hydrogen) atoms. The summed E-state index contributed by atoms with van der Waals surface area (Å²) in [6.07, 6.45) is 0. The molecule has 6 nitrogen and oxygen atoms in total. The molecule has 0 spiro atoms. The predicted octanol–water partition coefficient (Wildman–Crippen LogP) is 1.45. The van der Waals surface area contributed by atoms with Crippen LogP contribution in [-0.4, -0.2) is 49.6 Å².